The Bertz CT molecular complexity index is 650. The molecule has 0 bridgehead atoms. The molecule has 1 saturated carbocycles. The van der Waals surface area contributed by atoms with Gasteiger partial charge in [0.2, 0.25) is 0 Å². The van der Waals surface area contributed by atoms with E-state index >= 15 is 0 Å². The van der Waals surface area contributed by atoms with Crippen molar-refractivity contribution in [2.45, 2.75) is 51.8 Å². The number of pyridine rings is 1. The molecule has 1 aliphatic carbocycles. The van der Waals surface area contributed by atoms with Gasteiger partial charge in [-0.15, -0.1) is 0 Å². The van der Waals surface area contributed by atoms with Crippen molar-refractivity contribution in [1.29, 1.82) is 0 Å². The van der Waals surface area contributed by atoms with Gasteiger partial charge in [0.15, 0.2) is 6.23 Å². The van der Waals surface area contributed by atoms with E-state index in [-0.39, 0.29) is 0 Å². The molecule has 23 heavy (non-hydrogen) atoms. The highest BCUT2D eigenvalue weighted by Gasteiger charge is 2.37. The van der Waals surface area contributed by atoms with E-state index in [4.69, 9.17) is 16.3 Å². The Morgan fingerprint density at radius 2 is 2.17 bits per heavy atom. The van der Waals surface area contributed by atoms with Crippen LogP contribution in [0.2, 0.25) is 5.15 Å². The van der Waals surface area contributed by atoms with Gasteiger partial charge in [0.05, 0.1) is 12.3 Å². The summed E-state index contributed by atoms with van der Waals surface area (Å²) in [4.78, 5) is 6.29. The van der Waals surface area contributed by atoms with Gasteiger partial charge < -0.3 is 14.7 Å². The van der Waals surface area contributed by atoms with E-state index < -0.39 is 6.23 Å². The molecule has 1 aromatic rings. The molecule has 0 amide bonds. The molecule has 0 spiro atoms. The number of allylic oxidation sites excluding steroid dienone is 1. The van der Waals surface area contributed by atoms with Crippen molar-refractivity contribution < 1.29 is 9.84 Å². The zero-order valence-electron chi connectivity index (χ0n) is 13.7. The fraction of sp³-hybridized carbons (Fsp3) is 0.500. The zero-order valence-corrected chi connectivity index (χ0v) is 14.4. The second-order valence-corrected chi connectivity index (χ2v) is 6.53. The molecule has 0 saturated heterocycles. The summed E-state index contributed by atoms with van der Waals surface area (Å²) < 4.78 is 5.59. The molecule has 1 unspecified atom stereocenters. The number of hydrogen-bond acceptors (Lipinski definition) is 4. The first-order chi connectivity index (χ1) is 11.0. The summed E-state index contributed by atoms with van der Waals surface area (Å²) in [5, 5.41) is 11.5. The molecule has 1 fully saturated rings. The first-order valence-corrected chi connectivity index (χ1v) is 8.57. The van der Waals surface area contributed by atoms with Crippen LogP contribution >= 0.6 is 11.6 Å². The van der Waals surface area contributed by atoms with E-state index in [0.29, 0.717) is 23.6 Å². The van der Waals surface area contributed by atoms with Crippen LogP contribution in [0.4, 0.5) is 5.69 Å². The van der Waals surface area contributed by atoms with Gasteiger partial charge in [-0.05, 0) is 38.3 Å². The van der Waals surface area contributed by atoms with Crippen molar-refractivity contribution in [3.05, 3.63) is 40.9 Å². The Morgan fingerprint density at radius 3 is 2.83 bits per heavy atom. The Morgan fingerprint density at radius 1 is 1.48 bits per heavy atom. The molecule has 1 atom stereocenters. The van der Waals surface area contributed by atoms with Crippen molar-refractivity contribution in [2.75, 3.05) is 11.5 Å². The van der Waals surface area contributed by atoms with Gasteiger partial charge in [0.1, 0.15) is 10.9 Å². The average molecular weight is 335 g/mol. The molecule has 124 valence electrons. The third kappa shape index (κ3) is 2.86. The van der Waals surface area contributed by atoms with Gasteiger partial charge in [-0.3, -0.25) is 0 Å². The lowest BCUT2D eigenvalue weighted by Crippen LogP contribution is -2.46. The predicted octanol–water partition coefficient (Wildman–Crippen LogP) is 4.14. The highest BCUT2D eigenvalue weighted by Crippen LogP contribution is 2.43. The van der Waals surface area contributed by atoms with E-state index in [1.165, 1.54) is 12.8 Å². The van der Waals surface area contributed by atoms with Crippen LogP contribution < -0.4 is 4.90 Å². The van der Waals surface area contributed by atoms with Crippen LogP contribution in [0.25, 0.3) is 5.57 Å². The molecule has 2 heterocycles. The fourth-order valence-corrected chi connectivity index (χ4v) is 3.87. The van der Waals surface area contributed by atoms with Gasteiger partial charge in [-0.2, -0.15) is 0 Å². The number of aliphatic hydroxyl groups excluding tert-OH is 1. The summed E-state index contributed by atoms with van der Waals surface area (Å²) in [5.74, 6) is 0.529. The predicted molar refractivity (Wildman–Crippen MR) is 93.3 cm³/mol. The van der Waals surface area contributed by atoms with Crippen molar-refractivity contribution in [3.63, 3.8) is 0 Å². The lowest BCUT2D eigenvalue weighted by Gasteiger charge is -2.42. The molecule has 3 rings (SSSR count). The first-order valence-electron chi connectivity index (χ1n) is 8.19. The number of aromatic nitrogens is 1. The van der Waals surface area contributed by atoms with Crippen LogP contribution in [0.3, 0.4) is 0 Å². The molecule has 0 aromatic carbocycles. The summed E-state index contributed by atoms with van der Waals surface area (Å²) in [6.45, 7) is 8.42. The number of anilines is 1. The summed E-state index contributed by atoms with van der Waals surface area (Å²) >= 11 is 6.12. The molecule has 0 radical (unpaired) electrons. The number of rotatable bonds is 4. The number of fused-ring (bicyclic) bond motifs is 1. The smallest absolute Gasteiger partial charge is 0.157 e. The normalized spacial score (nSPS) is 21.6. The number of nitrogens with zero attached hydrogens (tertiary/aromatic N) is 2. The fourth-order valence-electron chi connectivity index (χ4n) is 3.72. The van der Waals surface area contributed by atoms with E-state index in [0.717, 1.165) is 35.2 Å². The van der Waals surface area contributed by atoms with Crippen molar-refractivity contribution in [3.8, 4) is 0 Å². The van der Waals surface area contributed by atoms with Crippen LogP contribution in [0.1, 0.15) is 45.1 Å². The van der Waals surface area contributed by atoms with E-state index in [1.807, 2.05) is 19.9 Å². The number of aliphatic hydroxyl groups is 1. The largest absolute Gasteiger partial charge is 0.494 e. The third-order valence-corrected chi connectivity index (χ3v) is 5.00. The summed E-state index contributed by atoms with van der Waals surface area (Å²) in [7, 11) is 0. The van der Waals surface area contributed by atoms with Gasteiger partial charge in [0.25, 0.3) is 0 Å². The third-order valence-electron chi connectivity index (χ3n) is 4.79. The molecule has 4 nitrogen and oxygen atoms in total. The minimum atomic E-state index is -0.761. The SMILES string of the molecule is C=C(OCC)C1=C(C)c2cnc(Cl)cc2N(C2CCCC2)C1O. The lowest BCUT2D eigenvalue weighted by molar-refractivity contribution is 0.168. The second kappa shape index (κ2) is 6.54. The summed E-state index contributed by atoms with van der Waals surface area (Å²) in [6.07, 6.45) is 5.54. The standard InChI is InChI=1S/C18H23ClN2O2/c1-4-23-12(3)17-11(2)14-10-20-16(19)9-15(14)21(18(17)22)13-7-5-6-8-13/h9-10,13,18,22H,3-8H2,1-2H3. The van der Waals surface area contributed by atoms with Crippen LogP contribution in [-0.2, 0) is 4.74 Å². The van der Waals surface area contributed by atoms with Crippen molar-refractivity contribution in [1.82, 2.24) is 4.98 Å². The number of ether oxygens (including phenoxy) is 1. The van der Waals surface area contributed by atoms with Crippen LogP contribution in [0, 0.1) is 0 Å². The molecular formula is C18H23ClN2O2. The minimum absolute atomic E-state index is 0.305. The summed E-state index contributed by atoms with van der Waals surface area (Å²) in [5.41, 5.74) is 3.64. The highest BCUT2D eigenvalue weighted by molar-refractivity contribution is 6.29. The maximum Gasteiger partial charge on any atom is 0.157 e. The van der Waals surface area contributed by atoms with E-state index in [2.05, 4.69) is 16.5 Å². The van der Waals surface area contributed by atoms with Gasteiger partial charge >= 0.3 is 0 Å². The molecule has 1 aromatic heterocycles. The first kappa shape index (κ1) is 16.3. The quantitative estimate of drug-likeness (QED) is 0.664. The number of hydrogen-bond donors (Lipinski definition) is 1. The molecule has 5 heteroatoms. The average Bonchev–Trinajstić information content (AvgIpc) is 3.01. The van der Waals surface area contributed by atoms with Crippen LogP contribution in [0.5, 0.6) is 0 Å². The number of halogens is 1. The zero-order chi connectivity index (χ0) is 16.6. The Hall–Kier alpha value is -1.52. The molecule has 1 aliphatic heterocycles. The van der Waals surface area contributed by atoms with Gasteiger partial charge in [-0.1, -0.05) is 31.0 Å². The lowest BCUT2D eigenvalue weighted by atomic mass is 9.92. The molecule has 2 aliphatic rings. The van der Waals surface area contributed by atoms with Crippen LogP contribution in [0.15, 0.2) is 30.2 Å². The highest BCUT2D eigenvalue weighted by atomic mass is 35.5. The van der Waals surface area contributed by atoms with Crippen molar-refractivity contribution in [2.24, 2.45) is 0 Å². The second-order valence-electron chi connectivity index (χ2n) is 6.14. The molecule has 1 N–H and O–H groups in total. The Balaban J connectivity index is 2.12. The molecular weight excluding hydrogens is 312 g/mol. The van der Waals surface area contributed by atoms with E-state index in [9.17, 15) is 5.11 Å². The minimum Gasteiger partial charge on any atom is -0.494 e. The maximum atomic E-state index is 11.1. The van der Waals surface area contributed by atoms with E-state index in [1.54, 1.807) is 6.20 Å². The monoisotopic (exact) mass is 334 g/mol. The topological polar surface area (TPSA) is 45.6 Å². The Labute approximate surface area is 142 Å². The van der Waals surface area contributed by atoms with Gasteiger partial charge in [-0.25, -0.2) is 4.98 Å². The Kier molecular flexibility index (Phi) is 4.64. The van der Waals surface area contributed by atoms with Crippen molar-refractivity contribution >= 4 is 22.9 Å². The van der Waals surface area contributed by atoms with Crippen LogP contribution in [-0.4, -0.2) is 29.0 Å². The van der Waals surface area contributed by atoms with Gasteiger partial charge in [0, 0.05) is 23.4 Å². The maximum absolute atomic E-state index is 11.1. The summed E-state index contributed by atoms with van der Waals surface area (Å²) in [6, 6.07) is 2.15.